The van der Waals surface area contributed by atoms with Crippen molar-refractivity contribution in [1.29, 1.82) is 0 Å². The maximum Gasteiger partial charge on any atom is 0.195 e. The Morgan fingerprint density at radius 2 is 1.90 bits per heavy atom. The molecule has 3 N–H and O–H groups in total. The van der Waals surface area contributed by atoms with Gasteiger partial charge in [-0.25, -0.2) is 0 Å². The van der Waals surface area contributed by atoms with E-state index in [0.717, 1.165) is 10.9 Å². The van der Waals surface area contributed by atoms with Gasteiger partial charge in [-0.3, -0.25) is 4.79 Å². The van der Waals surface area contributed by atoms with Gasteiger partial charge in [0.05, 0.1) is 10.7 Å². The monoisotopic (exact) mass is 304 g/mol. The summed E-state index contributed by atoms with van der Waals surface area (Å²) in [6, 6.07) is 10.2. The highest BCUT2D eigenvalue weighted by atomic mass is 35.5. The summed E-state index contributed by atoms with van der Waals surface area (Å²) in [5, 5.41) is 1.82. The smallest absolute Gasteiger partial charge is 0.195 e. The second-order valence-corrected chi connectivity index (χ2v) is 5.30. The lowest BCUT2D eigenvalue weighted by molar-refractivity contribution is 0.104. The van der Waals surface area contributed by atoms with Gasteiger partial charge in [-0.1, -0.05) is 29.3 Å². The number of hydrogen-bond acceptors (Lipinski definition) is 2. The summed E-state index contributed by atoms with van der Waals surface area (Å²) in [7, 11) is 0. The van der Waals surface area contributed by atoms with Gasteiger partial charge in [-0.15, -0.1) is 0 Å². The number of ketones is 1. The minimum Gasteiger partial charge on any atom is -0.398 e. The molecule has 0 bridgehead atoms. The number of halogens is 2. The van der Waals surface area contributed by atoms with E-state index >= 15 is 0 Å². The van der Waals surface area contributed by atoms with Crippen LogP contribution in [0.25, 0.3) is 10.9 Å². The molecule has 3 aromatic rings. The zero-order valence-electron chi connectivity index (χ0n) is 10.3. The van der Waals surface area contributed by atoms with Crippen molar-refractivity contribution in [2.24, 2.45) is 0 Å². The fourth-order valence-corrected chi connectivity index (χ4v) is 2.46. The van der Waals surface area contributed by atoms with E-state index in [2.05, 4.69) is 4.98 Å². The Kier molecular flexibility index (Phi) is 3.16. The van der Waals surface area contributed by atoms with Crippen molar-refractivity contribution in [3.8, 4) is 0 Å². The number of rotatable bonds is 2. The van der Waals surface area contributed by atoms with Crippen LogP contribution >= 0.6 is 23.2 Å². The van der Waals surface area contributed by atoms with Crippen LogP contribution in [0.5, 0.6) is 0 Å². The van der Waals surface area contributed by atoms with Crippen LogP contribution in [-0.4, -0.2) is 10.8 Å². The van der Waals surface area contributed by atoms with Crippen molar-refractivity contribution in [3.63, 3.8) is 0 Å². The third kappa shape index (κ3) is 2.15. The molecule has 0 aliphatic heterocycles. The molecular weight excluding hydrogens is 295 g/mol. The highest BCUT2D eigenvalue weighted by molar-refractivity contribution is 6.34. The molecule has 0 atom stereocenters. The van der Waals surface area contributed by atoms with Crippen LogP contribution in [0.15, 0.2) is 42.6 Å². The molecule has 0 aliphatic carbocycles. The Labute approximate surface area is 125 Å². The number of hydrogen-bond donors (Lipinski definition) is 2. The van der Waals surface area contributed by atoms with E-state index in [1.807, 2.05) is 6.07 Å². The minimum absolute atomic E-state index is 0.111. The average molecular weight is 305 g/mol. The summed E-state index contributed by atoms with van der Waals surface area (Å²) in [5.74, 6) is -0.111. The molecule has 1 heterocycles. The van der Waals surface area contributed by atoms with Crippen LogP contribution < -0.4 is 5.73 Å². The van der Waals surface area contributed by atoms with Crippen molar-refractivity contribution < 1.29 is 4.79 Å². The van der Waals surface area contributed by atoms with Crippen molar-refractivity contribution in [1.82, 2.24) is 4.98 Å². The van der Waals surface area contributed by atoms with Gasteiger partial charge in [0.1, 0.15) is 0 Å². The summed E-state index contributed by atoms with van der Waals surface area (Å²) in [5.41, 5.74) is 8.01. The maximum atomic E-state index is 12.5. The maximum absolute atomic E-state index is 12.5. The normalized spacial score (nSPS) is 10.9. The first kappa shape index (κ1) is 13.0. The molecule has 100 valence electrons. The van der Waals surface area contributed by atoms with Gasteiger partial charge in [0.2, 0.25) is 0 Å². The first-order chi connectivity index (χ1) is 9.56. The quantitative estimate of drug-likeness (QED) is 0.548. The molecule has 5 heteroatoms. The second-order valence-electron chi connectivity index (χ2n) is 4.46. The summed E-state index contributed by atoms with van der Waals surface area (Å²) < 4.78 is 0. The van der Waals surface area contributed by atoms with E-state index in [4.69, 9.17) is 28.9 Å². The van der Waals surface area contributed by atoms with Gasteiger partial charge in [-0.05, 0) is 30.3 Å². The lowest BCUT2D eigenvalue weighted by atomic mass is 10.0. The number of H-pyrrole nitrogens is 1. The Balaban J connectivity index is 2.10. The molecule has 0 spiro atoms. The summed E-state index contributed by atoms with van der Waals surface area (Å²) in [4.78, 5) is 15.6. The molecule has 0 amide bonds. The largest absolute Gasteiger partial charge is 0.398 e. The van der Waals surface area contributed by atoms with E-state index < -0.39 is 0 Å². The van der Waals surface area contributed by atoms with Gasteiger partial charge >= 0.3 is 0 Å². The Hall–Kier alpha value is -1.97. The van der Waals surface area contributed by atoms with Crippen molar-refractivity contribution >= 4 is 45.6 Å². The number of carbonyl (C=O) groups excluding carboxylic acids is 1. The molecule has 2 aromatic carbocycles. The number of nitrogen functional groups attached to an aromatic ring is 1. The average Bonchev–Trinajstić information content (AvgIpc) is 2.84. The molecule has 0 unspecified atom stereocenters. The number of aromatic nitrogens is 1. The number of anilines is 1. The van der Waals surface area contributed by atoms with E-state index in [0.29, 0.717) is 26.9 Å². The third-order valence-corrected chi connectivity index (χ3v) is 3.71. The Morgan fingerprint density at radius 3 is 2.65 bits per heavy atom. The van der Waals surface area contributed by atoms with Gasteiger partial charge in [0, 0.05) is 33.2 Å². The van der Waals surface area contributed by atoms with Crippen LogP contribution in [0.2, 0.25) is 10.0 Å². The summed E-state index contributed by atoms with van der Waals surface area (Å²) >= 11 is 11.9. The molecule has 0 fully saturated rings. The number of nitrogens with two attached hydrogens (primary N) is 1. The molecule has 0 aliphatic rings. The number of carbonyl (C=O) groups is 1. The zero-order valence-corrected chi connectivity index (χ0v) is 11.8. The summed E-state index contributed by atoms with van der Waals surface area (Å²) in [6.07, 6.45) is 1.67. The lowest BCUT2D eigenvalue weighted by Gasteiger charge is -2.03. The third-order valence-electron chi connectivity index (χ3n) is 3.15. The Morgan fingerprint density at radius 1 is 1.10 bits per heavy atom. The number of benzene rings is 2. The van der Waals surface area contributed by atoms with Gasteiger partial charge in [0.25, 0.3) is 0 Å². The minimum atomic E-state index is -0.111. The Bertz CT molecular complexity index is 824. The second kappa shape index (κ2) is 4.85. The molecular formula is C15H10Cl2N2O. The molecule has 3 rings (SSSR count). The predicted octanol–water partition coefficient (Wildman–Crippen LogP) is 4.29. The predicted molar refractivity (Wildman–Crippen MR) is 82.6 cm³/mol. The highest BCUT2D eigenvalue weighted by Crippen LogP contribution is 2.26. The molecule has 3 nitrogen and oxygen atoms in total. The van der Waals surface area contributed by atoms with Crippen LogP contribution in [0.4, 0.5) is 5.69 Å². The van der Waals surface area contributed by atoms with Crippen LogP contribution in [0, 0.1) is 0 Å². The number of nitrogens with one attached hydrogen (secondary N) is 1. The fraction of sp³-hybridized carbons (Fsp3) is 0. The number of aromatic amines is 1. The van der Waals surface area contributed by atoms with Crippen LogP contribution in [0.3, 0.4) is 0 Å². The SMILES string of the molecule is Nc1ccc(C(=O)c2c[nH]c3cc(Cl)ccc23)cc1Cl. The van der Waals surface area contributed by atoms with Crippen LogP contribution in [0.1, 0.15) is 15.9 Å². The van der Waals surface area contributed by atoms with Gasteiger partial charge in [-0.2, -0.15) is 0 Å². The van der Waals surface area contributed by atoms with Crippen molar-refractivity contribution in [2.75, 3.05) is 5.73 Å². The van der Waals surface area contributed by atoms with E-state index in [1.165, 1.54) is 0 Å². The van der Waals surface area contributed by atoms with Gasteiger partial charge < -0.3 is 10.7 Å². The first-order valence-corrected chi connectivity index (χ1v) is 6.68. The molecule has 0 saturated carbocycles. The van der Waals surface area contributed by atoms with Crippen molar-refractivity contribution in [3.05, 3.63) is 63.8 Å². The highest BCUT2D eigenvalue weighted by Gasteiger charge is 2.15. The standard InChI is InChI=1S/C15H10Cl2N2O/c16-9-2-3-10-11(7-19-14(10)6-9)15(20)8-1-4-13(18)12(17)5-8/h1-7,19H,18H2. The van der Waals surface area contributed by atoms with E-state index in [1.54, 1.807) is 36.5 Å². The zero-order chi connectivity index (χ0) is 14.3. The van der Waals surface area contributed by atoms with Crippen molar-refractivity contribution in [2.45, 2.75) is 0 Å². The molecule has 0 radical (unpaired) electrons. The lowest BCUT2D eigenvalue weighted by Crippen LogP contribution is -2.01. The van der Waals surface area contributed by atoms with Crippen LogP contribution in [-0.2, 0) is 0 Å². The molecule has 20 heavy (non-hydrogen) atoms. The van der Waals surface area contributed by atoms with Gasteiger partial charge in [0.15, 0.2) is 5.78 Å². The molecule has 0 saturated heterocycles. The van der Waals surface area contributed by atoms with E-state index in [-0.39, 0.29) is 5.78 Å². The molecule has 1 aromatic heterocycles. The number of fused-ring (bicyclic) bond motifs is 1. The van der Waals surface area contributed by atoms with E-state index in [9.17, 15) is 4.79 Å². The first-order valence-electron chi connectivity index (χ1n) is 5.92. The topological polar surface area (TPSA) is 58.9 Å². The summed E-state index contributed by atoms with van der Waals surface area (Å²) in [6.45, 7) is 0. The fourth-order valence-electron chi connectivity index (χ4n) is 2.11.